The normalized spacial score (nSPS) is 18.8. The van der Waals surface area contributed by atoms with Crippen LogP contribution in [-0.2, 0) is 24.0 Å². The molecule has 27 heavy (non-hydrogen) atoms. The highest BCUT2D eigenvalue weighted by atomic mass is 16.5. The second kappa shape index (κ2) is 8.48. The van der Waals surface area contributed by atoms with E-state index in [0.717, 1.165) is 69.1 Å². The van der Waals surface area contributed by atoms with Gasteiger partial charge < -0.3 is 15.4 Å². The lowest BCUT2D eigenvalue weighted by Gasteiger charge is -2.20. The number of aromatic nitrogens is 2. The summed E-state index contributed by atoms with van der Waals surface area (Å²) in [6.45, 7) is 3.21. The molecule has 0 bridgehead atoms. The molecule has 142 valence electrons. The second-order valence-corrected chi connectivity index (χ2v) is 7.25. The van der Waals surface area contributed by atoms with E-state index < -0.39 is 0 Å². The molecule has 2 N–H and O–H groups in total. The Morgan fingerprint density at radius 3 is 2.89 bits per heavy atom. The maximum atomic E-state index is 12.3. The van der Waals surface area contributed by atoms with Crippen LogP contribution in [0.1, 0.15) is 40.3 Å². The molecule has 2 aromatic rings. The van der Waals surface area contributed by atoms with E-state index in [0.29, 0.717) is 18.2 Å². The minimum atomic E-state index is -0.0909. The molecule has 1 fully saturated rings. The van der Waals surface area contributed by atoms with Crippen molar-refractivity contribution in [3.8, 4) is 0 Å². The van der Waals surface area contributed by atoms with Crippen LogP contribution < -0.4 is 10.6 Å². The monoisotopic (exact) mass is 366 g/mol. The van der Waals surface area contributed by atoms with E-state index in [9.17, 15) is 4.79 Å². The standard InChI is InChI=1S/C21H26N4O2/c26-21-19-17(9-12-23-21)20(22-11-8-16-10-13-27-14-16)25-18(24-19)7-6-15-4-2-1-3-5-15/h1-5,16H,6-14H2,(H,23,26)(H,22,24,25). The summed E-state index contributed by atoms with van der Waals surface area (Å²) in [5, 5.41) is 6.37. The highest BCUT2D eigenvalue weighted by Crippen LogP contribution is 2.22. The number of benzene rings is 1. The Hall–Kier alpha value is -2.47. The van der Waals surface area contributed by atoms with Crippen molar-refractivity contribution in [3.63, 3.8) is 0 Å². The van der Waals surface area contributed by atoms with E-state index in [1.807, 2.05) is 18.2 Å². The summed E-state index contributed by atoms with van der Waals surface area (Å²) in [4.78, 5) is 21.6. The Morgan fingerprint density at radius 2 is 2.07 bits per heavy atom. The Labute approximate surface area is 159 Å². The highest BCUT2D eigenvalue weighted by Gasteiger charge is 2.24. The van der Waals surface area contributed by atoms with Gasteiger partial charge in [-0.25, -0.2) is 9.97 Å². The Balaban J connectivity index is 1.49. The fourth-order valence-electron chi connectivity index (χ4n) is 3.70. The number of amides is 1. The third-order valence-electron chi connectivity index (χ3n) is 5.28. The van der Waals surface area contributed by atoms with Crippen LogP contribution in [0.5, 0.6) is 0 Å². The van der Waals surface area contributed by atoms with Gasteiger partial charge in [-0.15, -0.1) is 0 Å². The van der Waals surface area contributed by atoms with Crippen LogP contribution in [0, 0.1) is 5.92 Å². The zero-order valence-electron chi connectivity index (χ0n) is 15.5. The van der Waals surface area contributed by atoms with Crippen molar-refractivity contribution in [1.29, 1.82) is 0 Å². The molecule has 1 aromatic heterocycles. The molecule has 1 aromatic carbocycles. The summed E-state index contributed by atoms with van der Waals surface area (Å²) >= 11 is 0. The van der Waals surface area contributed by atoms with Crippen LogP contribution in [-0.4, -0.2) is 42.2 Å². The molecule has 6 heteroatoms. The number of carbonyl (C=O) groups is 1. The van der Waals surface area contributed by atoms with Gasteiger partial charge in [0.1, 0.15) is 17.3 Å². The van der Waals surface area contributed by atoms with Crippen LogP contribution in [0.15, 0.2) is 30.3 Å². The van der Waals surface area contributed by atoms with E-state index in [2.05, 4.69) is 27.8 Å². The van der Waals surface area contributed by atoms with Gasteiger partial charge in [-0.1, -0.05) is 30.3 Å². The van der Waals surface area contributed by atoms with Crippen molar-refractivity contribution in [2.45, 2.75) is 32.1 Å². The molecule has 1 unspecified atom stereocenters. The third kappa shape index (κ3) is 4.45. The Bertz CT molecular complexity index is 788. The lowest BCUT2D eigenvalue weighted by Crippen LogP contribution is -2.34. The quantitative estimate of drug-likeness (QED) is 0.787. The van der Waals surface area contributed by atoms with Crippen molar-refractivity contribution in [2.75, 3.05) is 31.6 Å². The van der Waals surface area contributed by atoms with Gasteiger partial charge in [-0.05, 0) is 37.2 Å². The van der Waals surface area contributed by atoms with E-state index in [-0.39, 0.29) is 5.91 Å². The third-order valence-corrected chi connectivity index (χ3v) is 5.28. The average molecular weight is 366 g/mol. The van der Waals surface area contributed by atoms with Crippen molar-refractivity contribution in [2.24, 2.45) is 5.92 Å². The zero-order valence-corrected chi connectivity index (χ0v) is 15.5. The number of carbonyl (C=O) groups excluding carboxylic acids is 1. The molecule has 0 radical (unpaired) electrons. The van der Waals surface area contributed by atoms with Gasteiger partial charge in [-0.2, -0.15) is 0 Å². The summed E-state index contributed by atoms with van der Waals surface area (Å²) in [6, 6.07) is 10.3. The fraction of sp³-hybridized carbons (Fsp3) is 0.476. The molecule has 3 heterocycles. The molecular weight excluding hydrogens is 340 g/mol. The van der Waals surface area contributed by atoms with Crippen LogP contribution in [0.2, 0.25) is 0 Å². The second-order valence-electron chi connectivity index (χ2n) is 7.25. The Morgan fingerprint density at radius 1 is 1.19 bits per heavy atom. The molecule has 0 spiro atoms. The minimum Gasteiger partial charge on any atom is -0.381 e. The van der Waals surface area contributed by atoms with E-state index in [1.54, 1.807) is 0 Å². The lowest BCUT2D eigenvalue weighted by atomic mass is 10.0. The molecule has 2 aliphatic heterocycles. The summed E-state index contributed by atoms with van der Waals surface area (Å²) in [5.74, 6) is 2.08. The number of fused-ring (bicyclic) bond motifs is 1. The Kier molecular flexibility index (Phi) is 5.63. The predicted molar refractivity (Wildman–Crippen MR) is 104 cm³/mol. The summed E-state index contributed by atoms with van der Waals surface area (Å²) in [7, 11) is 0. The number of nitrogens with one attached hydrogen (secondary N) is 2. The number of aryl methyl sites for hydroxylation is 2. The number of rotatable bonds is 7. The van der Waals surface area contributed by atoms with Crippen molar-refractivity contribution < 1.29 is 9.53 Å². The van der Waals surface area contributed by atoms with Gasteiger partial charge >= 0.3 is 0 Å². The fourth-order valence-corrected chi connectivity index (χ4v) is 3.70. The number of ether oxygens (including phenoxy) is 1. The zero-order chi connectivity index (χ0) is 18.5. The van der Waals surface area contributed by atoms with Crippen LogP contribution in [0.4, 0.5) is 5.82 Å². The van der Waals surface area contributed by atoms with Gasteiger partial charge in [0.15, 0.2) is 0 Å². The number of hydrogen-bond donors (Lipinski definition) is 2. The number of nitrogens with zero attached hydrogens (tertiary/aromatic N) is 2. The maximum absolute atomic E-state index is 12.3. The first-order valence-electron chi connectivity index (χ1n) is 9.83. The van der Waals surface area contributed by atoms with E-state index in [4.69, 9.17) is 9.72 Å². The molecule has 1 saturated heterocycles. The van der Waals surface area contributed by atoms with E-state index >= 15 is 0 Å². The first-order chi connectivity index (χ1) is 13.3. The van der Waals surface area contributed by atoms with Crippen LogP contribution in [0.3, 0.4) is 0 Å². The van der Waals surface area contributed by atoms with Crippen molar-refractivity contribution >= 4 is 11.7 Å². The van der Waals surface area contributed by atoms with Crippen LogP contribution in [0.25, 0.3) is 0 Å². The minimum absolute atomic E-state index is 0.0909. The van der Waals surface area contributed by atoms with Gasteiger partial charge in [-0.3, -0.25) is 4.79 Å². The molecule has 1 amide bonds. The topological polar surface area (TPSA) is 76.1 Å². The summed E-state index contributed by atoms with van der Waals surface area (Å²) in [6.07, 6.45) is 4.54. The van der Waals surface area contributed by atoms with Crippen molar-refractivity contribution in [1.82, 2.24) is 15.3 Å². The highest BCUT2D eigenvalue weighted by molar-refractivity contribution is 5.96. The molecule has 0 aliphatic carbocycles. The van der Waals surface area contributed by atoms with Crippen LogP contribution >= 0.6 is 0 Å². The van der Waals surface area contributed by atoms with Gasteiger partial charge in [0, 0.05) is 38.3 Å². The molecule has 1 atom stereocenters. The van der Waals surface area contributed by atoms with Gasteiger partial charge in [0.05, 0.1) is 0 Å². The number of hydrogen-bond acceptors (Lipinski definition) is 5. The summed E-state index contributed by atoms with van der Waals surface area (Å²) in [5.41, 5.74) is 2.73. The molecule has 0 saturated carbocycles. The first kappa shape index (κ1) is 17.9. The predicted octanol–water partition coefficient (Wildman–Crippen LogP) is 2.39. The molecule has 6 nitrogen and oxygen atoms in total. The van der Waals surface area contributed by atoms with Gasteiger partial charge in [0.2, 0.25) is 0 Å². The van der Waals surface area contributed by atoms with Crippen molar-refractivity contribution in [3.05, 3.63) is 53.0 Å². The van der Waals surface area contributed by atoms with Gasteiger partial charge in [0.25, 0.3) is 5.91 Å². The smallest absolute Gasteiger partial charge is 0.270 e. The SMILES string of the molecule is O=C1NCCc2c(NCCC3CCOC3)nc(CCc3ccccc3)nc21. The van der Waals surface area contributed by atoms with E-state index in [1.165, 1.54) is 5.56 Å². The first-order valence-corrected chi connectivity index (χ1v) is 9.83. The molecular formula is C21H26N4O2. The largest absolute Gasteiger partial charge is 0.381 e. The average Bonchev–Trinajstić information content (AvgIpc) is 3.21. The lowest BCUT2D eigenvalue weighted by molar-refractivity contribution is 0.0940. The molecule has 4 rings (SSSR count). The summed E-state index contributed by atoms with van der Waals surface area (Å²) < 4.78 is 5.45. The number of anilines is 1. The molecule has 2 aliphatic rings. The maximum Gasteiger partial charge on any atom is 0.270 e.